The van der Waals surface area contributed by atoms with Crippen molar-refractivity contribution in [2.45, 2.75) is 75.7 Å². The Morgan fingerprint density at radius 2 is 1.87 bits per heavy atom. The molecule has 0 unspecified atom stereocenters. The summed E-state index contributed by atoms with van der Waals surface area (Å²) in [6.07, 6.45) is 8.32. The van der Waals surface area contributed by atoms with Crippen molar-refractivity contribution in [1.29, 1.82) is 0 Å². The number of halogens is 4. The highest BCUT2D eigenvalue weighted by Gasteiger charge is 2.59. The highest BCUT2D eigenvalue weighted by atomic mass is 35.5. The molecule has 2 atom stereocenters. The summed E-state index contributed by atoms with van der Waals surface area (Å²) in [4.78, 5) is 21.8. The van der Waals surface area contributed by atoms with Gasteiger partial charge in [0.25, 0.3) is 5.91 Å². The summed E-state index contributed by atoms with van der Waals surface area (Å²) in [5, 5.41) is 11.4. The molecule has 2 N–H and O–H groups in total. The van der Waals surface area contributed by atoms with Crippen molar-refractivity contribution in [1.82, 2.24) is 25.7 Å². The molecule has 2 saturated carbocycles. The number of aryl methyl sites for hydroxylation is 1. The standard InChI is InChI=1S/C40H41Cl2F2N5O4/c1-51-14-2-3-26-15-24(31(41)19-46-26)21-49(40(12-13-40)25-6-7-25)39(50)36-30(16-27-18-45-20-35(36)47-27)23-4-8-28(9-5-23)52-22-29-17-34(48-53-29)37-32(43)10-11-33(44)38(37)42/h4-5,8-11,15,17,19,25,27,35,45,47H,2-3,6-7,12-14,16,18,20-22H2,1H3/t27-,35+/m0/s1. The van der Waals surface area contributed by atoms with Crippen molar-refractivity contribution in [3.05, 3.63) is 105 Å². The summed E-state index contributed by atoms with van der Waals surface area (Å²) in [6.45, 7) is 2.58. The van der Waals surface area contributed by atoms with E-state index in [2.05, 4.69) is 31.7 Å². The first kappa shape index (κ1) is 36.1. The molecule has 3 fully saturated rings. The highest BCUT2D eigenvalue weighted by Crippen LogP contribution is 2.58. The molecule has 0 radical (unpaired) electrons. The second kappa shape index (κ2) is 15.1. The Balaban J connectivity index is 1.05. The second-order valence-electron chi connectivity index (χ2n) is 14.5. The monoisotopic (exact) mass is 763 g/mol. The SMILES string of the molecule is COCCCc1cc(CN(C(=O)C2=C(c3ccc(OCc4cc(-c5c(F)ccc(F)c5Cl)no4)cc3)C[C@H]3CNC[C@H]2N3)C2(C3CC3)CC2)c(Cl)cn1. The van der Waals surface area contributed by atoms with E-state index >= 15 is 4.79 Å². The lowest BCUT2D eigenvalue weighted by Crippen LogP contribution is -2.60. The van der Waals surface area contributed by atoms with Crippen molar-refractivity contribution >= 4 is 34.7 Å². The van der Waals surface area contributed by atoms with Crippen LogP contribution in [0.1, 0.15) is 61.1 Å². The fraction of sp³-hybridized carbons (Fsp3) is 0.425. The summed E-state index contributed by atoms with van der Waals surface area (Å²) in [5.41, 5.74) is 4.44. The number of carbonyl (C=O) groups is 1. The summed E-state index contributed by atoms with van der Waals surface area (Å²) in [7, 11) is 1.70. The van der Waals surface area contributed by atoms with Gasteiger partial charge in [0.05, 0.1) is 21.7 Å². The number of amides is 1. The lowest BCUT2D eigenvalue weighted by Gasteiger charge is -2.42. The summed E-state index contributed by atoms with van der Waals surface area (Å²) in [6, 6.07) is 13.3. The minimum absolute atomic E-state index is 0.0109. The van der Waals surface area contributed by atoms with E-state index in [1.807, 2.05) is 24.3 Å². The first-order valence-corrected chi connectivity index (χ1v) is 19.0. The van der Waals surface area contributed by atoms with E-state index in [4.69, 9.17) is 37.2 Å². The van der Waals surface area contributed by atoms with Gasteiger partial charge < -0.3 is 29.5 Å². The van der Waals surface area contributed by atoms with Gasteiger partial charge in [-0.3, -0.25) is 9.78 Å². The number of ether oxygens (including phenoxy) is 2. The van der Waals surface area contributed by atoms with Gasteiger partial charge in [0.15, 0.2) is 5.76 Å². The number of carbonyl (C=O) groups excluding carboxylic acids is 1. The molecule has 2 aromatic heterocycles. The average molecular weight is 765 g/mol. The molecule has 0 spiro atoms. The van der Waals surface area contributed by atoms with Crippen LogP contribution in [-0.2, 0) is 29.1 Å². The Morgan fingerprint density at radius 1 is 1.08 bits per heavy atom. The number of hydrogen-bond donors (Lipinski definition) is 2. The van der Waals surface area contributed by atoms with Gasteiger partial charge in [-0.1, -0.05) is 40.5 Å². The molecule has 8 rings (SSSR count). The van der Waals surface area contributed by atoms with Crippen LogP contribution in [0.2, 0.25) is 10.0 Å². The largest absolute Gasteiger partial charge is 0.486 e. The Hall–Kier alpha value is -3.87. The van der Waals surface area contributed by atoms with Crippen LogP contribution in [0.25, 0.3) is 16.8 Å². The molecule has 278 valence electrons. The third-order valence-corrected chi connectivity index (χ3v) is 11.7. The molecule has 2 aliphatic carbocycles. The number of aromatic nitrogens is 2. The molecule has 9 nitrogen and oxygen atoms in total. The van der Waals surface area contributed by atoms with Crippen LogP contribution in [0.3, 0.4) is 0 Å². The molecule has 4 heterocycles. The smallest absolute Gasteiger partial charge is 0.252 e. The maximum Gasteiger partial charge on any atom is 0.252 e. The van der Waals surface area contributed by atoms with Crippen molar-refractivity contribution in [3.63, 3.8) is 0 Å². The van der Waals surface area contributed by atoms with Crippen LogP contribution < -0.4 is 15.4 Å². The van der Waals surface area contributed by atoms with Gasteiger partial charge in [0.2, 0.25) is 0 Å². The van der Waals surface area contributed by atoms with E-state index in [1.165, 1.54) is 6.07 Å². The maximum atomic E-state index is 15.1. The van der Waals surface area contributed by atoms with E-state index < -0.39 is 11.6 Å². The minimum Gasteiger partial charge on any atom is -0.486 e. The van der Waals surface area contributed by atoms with Gasteiger partial charge in [-0.2, -0.15) is 0 Å². The highest BCUT2D eigenvalue weighted by molar-refractivity contribution is 6.33. The first-order valence-electron chi connectivity index (χ1n) is 18.2. The summed E-state index contributed by atoms with van der Waals surface area (Å²) >= 11 is 12.8. The van der Waals surface area contributed by atoms with Crippen molar-refractivity contribution in [2.75, 3.05) is 26.8 Å². The normalized spacial score (nSPS) is 20.4. The fourth-order valence-corrected chi connectivity index (χ4v) is 8.40. The molecule has 4 aromatic rings. The zero-order chi connectivity index (χ0) is 36.7. The Labute approximate surface area is 317 Å². The minimum atomic E-state index is -0.749. The number of methoxy groups -OCH3 is 1. The number of benzene rings is 2. The molecular weight excluding hydrogens is 723 g/mol. The van der Waals surface area contributed by atoms with Crippen LogP contribution in [0.4, 0.5) is 8.78 Å². The molecule has 4 aliphatic rings. The number of fused-ring (bicyclic) bond motifs is 2. The zero-order valence-corrected chi connectivity index (χ0v) is 30.9. The fourth-order valence-electron chi connectivity index (χ4n) is 7.99. The Kier molecular flexibility index (Phi) is 10.3. The van der Waals surface area contributed by atoms with Crippen molar-refractivity contribution in [3.8, 4) is 17.0 Å². The van der Waals surface area contributed by atoms with Crippen LogP contribution in [0.15, 0.2) is 64.8 Å². The molecule has 13 heteroatoms. The predicted octanol–water partition coefficient (Wildman–Crippen LogP) is 7.54. The Bertz CT molecular complexity index is 2030. The Morgan fingerprint density at radius 3 is 2.62 bits per heavy atom. The van der Waals surface area contributed by atoms with E-state index in [9.17, 15) is 8.78 Å². The van der Waals surface area contributed by atoms with Gasteiger partial charge >= 0.3 is 0 Å². The lowest BCUT2D eigenvalue weighted by molar-refractivity contribution is -0.132. The summed E-state index contributed by atoms with van der Waals surface area (Å²) in [5.74, 6) is 0.0131. The number of hydrogen-bond acceptors (Lipinski definition) is 8. The predicted molar refractivity (Wildman–Crippen MR) is 197 cm³/mol. The van der Waals surface area contributed by atoms with Gasteiger partial charge in [-0.05, 0) is 97.9 Å². The van der Waals surface area contributed by atoms with E-state index in [0.717, 1.165) is 85.2 Å². The maximum absolute atomic E-state index is 15.1. The number of nitrogens with zero attached hydrogens (tertiary/aromatic N) is 3. The van der Waals surface area contributed by atoms with Gasteiger partial charge in [-0.25, -0.2) is 8.78 Å². The number of nitrogens with one attached hydrogen (secondary N) is 2. The molecular formula is C40H41Cl2F2N5O4. The molecule has 1 saturated heterocycles. The second-order valence-corrected chi connectivity index (χ2v) is 15.3. The first-order chi connectivity index (χ1) is 25.7. The van der Waals surface area contributed by atoms with E-state index in [-0.39, 0.29) is 46.4 Å². The average Bonchev–Trinajstić information content (AvgIpc) is 4.10. The van der Waals surface area contributed by atoms with Crippen LogP contribution in [0, 0.1) is 17.6 Å². The molecule has 2 bridgehead atoms. The zero-order valence-electron chi connectivity index (χ0n) is 29.4. The van der Waals surface area contributed by atoms with Crippen LogP contribution in [-0.4, -0.2) is 65.4 Å². The van der Waals surface area contributed by atoms with Crippen molar-refractivity contribution in [2.24, 2.45) is 5.92 Å². The quantitative estimate of drug-likeness (QED) is 0.100. The molecule has 1 amide bonds. The molecule has 53 heavy (non-hydrogen) atoms. The van der Waals surface area contributed by atoms with E-state index in [0.29, 0.717) is 48.6 Å². The van der Waals surface area contributed by atoms with Gasteiger partial charge in [-0.15, -0.1) is 0 Å². The third-order valence-electron chi connectivity index (χ3n) is 11.0. The van der Waals surface area contributed by atoms with Crippen molar-refractivity contribution < 1.29 is 27.6 Å². The number of pyridine rings is 1. The third kappa shape index (κ3) is 7.47. The van der Waals surface area contributed by atoms with Gasteiger partial charge in [0.1, 0.15) is 29.7 Å². The lowest BCUT2D eigenvalue weighted by atomic mass is 9.83. The van der Waals surface area contributed by atoms with E-state index in [1.54, 1.807) is 13.3 Å². The number of rotatable bonds is 14. The summed E-state index contributed by atoms with van der Waals surface area (Å²) < 4.78 is 45.0. The van der Waals surface area contributed by atoms with Crippen LogP contribution in [0.5, 0.6) is 5.75 Å². The van der Waals surface area contributed by atoms with Crippen LogP contribution >= 0.6 is 23.2 Å². The topological polar surface area (TPSA) is 102 Å². The molecule has 2 aliphatic heterocycles. The number of piperazine rings is 1. The molecule has 2 aromatic carbocycles. The van der Waals surface area contributed by atoms with Gasteiger partial charge in [0, 0.05) is 68.5 Å².